The summed E-state index contributed by atoms with van der Waals surface area (Å²) >= 11 is 0. The number of likely N-dealkylation sites (N-methyl/N-ethyl adjacent to an activating group) is 1. The van der Waals surface area contributed by atoms with Crippen molar-refractivity contribution in [1.29, 1.82) is 0 Å². The summed E-state index contributed by atoms with van der Waals surface area (Å²) in [5.41, 5.74) is 0.484. The summed E-state index contributed by atoms with van der Waals surface area (Å²) < 4.78 is 11.2. The number of hydrogen-bond acceptors (Lipinski definition) is 4. The van der Waals surface area contributed by atoms with Gasteiger partial charge in [-0.15, -0.1) is 0 Å². The number of ether oxygens (including phenoxy) is 2. The van der Waals surface area contributed by atoms with E-state index in [1.807, 2.05) is 18.7 Å². The van der Waals surface area contributed by atoms with E-state index in [0.717, 1.165) is 51.7 Å². The molecule has 24 heavy (non-hydrogen) atoms. The van der Waals surface area contributed by atoms with Crippen LogP contribution in [0.3, 0.4) is 0 Å². The quantitative estimate of drug-likeness (QED) is 0.636. The molecule has 2 heterocycles. The van der Waals surface area contributed by atoms with Crippen molar-refractivity contribution in [3.63, 3.8) is 0 Å². The molecule has 1 spiro atoms. The monoisotopic (exact) mass is 340 g/mol. The highest BCUT2D eigenvalue weighted by Crippen LogP contribution is 2.51. The van der Waals surface area contributed by atoms with Gasteiger partial charge in [0.2, 0.25) is 5.91 Å². The van der Waals surface area contributed by atoms with E-state index < -0.39 is 0 Å². The fourth-order valence-electron chi connectivity index (χ4n) is 4.16. The second-order valence-electron chi connectivity index (χ2n) is 7.51. The first-order valence-electron chi connectivity index (χ1n) is 9.80. The van der Waals surface area contributed by atoms with Crippen LogP contribution in [-0.4, -0.2) is 74.4 Å². The van der Waals surface area contributed by atoms with Gasteiger partial charge in [-0.2, -0.15) is 0 Å². The lowest BCUT2D eigenvalue weighted by molar-refractivity contribution is -0.159. The fourth-order valence-corrected chi connectivity index (χ4v) is 4.16. The number of rotatable bonds is 8. The van der Waals surface area contributed by atoms with E-state index in [9.17, 15) is 4.79 Å². The van der Waals surface area contributed by atoms with Crippen LogP contribution in [0.25, 0.3) is 0 Å². The second-order valence-corrected chi connectivity index (χ2v) is 7.51. The molecule has 2 saturated heterocycles. The van der Waals surface area contributed by atoms with Crippen LogP contribution < -0.4 is 0 Å². The molecule has 0 aromatic carbocycles. The Balaban J connectivity index is 0.00000100. The Labute approximate surface area is 147 Å². The summed E-state index contributed by atoms with van der Waals surface area (Å²) in [6.45, 7) is 15.2. The highest BCUT2D eigenvalue weighted by Gasteiger charge is 2.51. The minimum Gasteiger partial charge on any atom is -0.375 e. The number of hydrogen-bond donors (Lipinski definition) is 0. The zero-order valence-corrected chi connectivity index (χ0v) is 16.1. The van der Waals surface area contributed by atoms with Gasteiger partial charge in [0.15, 0.2) is 0 Å². The molecule has 1 aliphatic carbocycles. The van der Waals surface area contributed by atoms with Crippen LogP contribution in [0, 0.1) is 11.3 Å². The van der Waals surface area contributed by atoms with Gasteiger partial charge in [-0.05, 0) is 31.7 Å². The van der Waals surface area contributed by atoms with Crippen LogP contribution >= 0.6 is 0 Å². The predicted octanol–water partition coefficient (Wildman–Crippen LogP) is 2.40. The van der Waals surface area contributed by atoms with Gasteiger partial charge in [0, 0.05) is 44.8 Å². The number of carbonyl (C=O) groups is 1. The second kappa shape index (κ2) is 9.16. The van der Waals surface area contributed by atoms with Crippen molar-refractivity contribution >= 4 is 5.91 Å². The van der Waals surface area contributed by atoms with E-state index in [0.29, 0.717) is 18.1 Å². The Morgan fingerprint density at radius 2 is 1.83 bits per heavy atom. The third-order valence-electron chi connectivity index (χ3n) is 5.35. The smallest absolute Gasteiger partial charge is 0.248 e. The van der Waals surface area contributed by atoms with Crippen LogP contribution in [0.15, 0.2) is 0 Å². The number of nitrogens with zero attached hydrogens (tertiary/aromatic N) is 2. The molecule has 0 unspecified atom stereocenters. The molecular weight excluding hydrogens is 304 g/mol. The zero-order chi connectivity index (χ0) is 17.6. The number of amides is 1. The largest absolute Gasteiger partial charge is 0.375 e. The van der Waals surface area contributed by atoms with Crippen molar-refractivity contribution in [2.45, 2.75) is 53.1 Å². The van der Waals surface area contributed by atoms with Crippen LogP contribution in [0.1, 0.15) is 47.0 Å². The molecule has 0 atom stereocenters. The summed E-state index contributed by atoms with van der Waals surface area (Å²) in [6.07, 6.45) is 3.87. The van der Waals surface area contributed by atoms with Gasteiger partial charge in [-0.3, -0.25) is 9.69 Å². The molecule has 0 aromatic heterocycles. The Morgan fingerprint density at radius 1 is 1.17 bits per heavy atom. The van der Waals surface area contributed by atoms with Gasteiger partial charge < -0.3 is 14.4 Å². The lowest BCUT2D eigenvalue weighted by Crippen LogP contribution is -2.63. The van der Waals surface area contributed by atoms with Gasteiger partial charge in [0.05, 0.1) is 6.10 Å². The predicted molar refractivity (Wildman–Crippen MR) is 96.0 cm³/mol. The molecule has 1 amide bonds. The van der Waals surface area contributed by atoms with Crippen molar-refractivity contribution in [3.8, 4) is 0 Å². The molecule has 5 nitrogen and oxygen atoms in total. The molecule has 140 valence electrons. The highest BCUT2D eigenvalue weighted by molar-refractivity contribution is 5.78. The van der Waals surface area contributed by atoms with Crippen LogP contribution in [0.5, 0.6) is 0 Å². The van der Waals surface area contributed by atoms with E-state index in [-0.39, 0.29) is 12.5 Å². The lowest BCUT2D eigenvalue weighted by atomic mass is 9.58. The van der Waals surface area contributed by atoms with Crippen molar-refractivity contribution in [3.05, 3.63) is 0 Å². The maximum Gasteiger partial charge on any atom is 0.248 e. The molecule has 5 heteroatoms. The van der Waals surface area contributed by atoms with Crippen LogP contribution in [-0.2, 0) is 14.3 Å². The van der Waals surface area contributed by atoms with Crippen molar-refractivity contribution in [1.82, 2.24) is 9.80 Å². The van der Waals surface area contributed by atoms with Gasteiger partial charge in [0.25, 0.3) is 0 Å². The van der Waals surface area contributed by atoms with Crippen molar-refractivity contribution in [2.24, 2.45) is 11.3 Å². The molecule has 1 saturated carbocycles. The molecule has 3 fully saturated rings. The molecule has 0 bridgehead atoms. The van der Waals surface area contributed by atoms with Crippen LogP contribution in [0.4, 0.5) is 0 Å². The third-order valence-corrected chi connectivity index (χ3v) is 5.35. The van der Waals surface area contributed by atoms with Crippen LogP contribution in [0.2, 0.25) is 0 Å². The highest BCUT2D eigenvalue weighted by atomic mass is 16.5. The molecule has 3 aliphatic rings. The van der Waals surface area contributed by atoms with Gasteiger partial charge in [-0.25, -0.2) is 0 Å². The van der Waals surface area contributed by atoms with Crippen molar-refractivity contribution in [2.75, 3.05) is 52.5 Å². The first-order valence-corrected chi connectivity index (χ1v) is 9.80. The summed E-state index contributed by atoms with van der Waals surface area (Å²) in [5, 5.41) is 0. The maximum atomic E-state index is 12.0. The molecular formula is C19H36N2O3. The van der Waals surface area contributed by atoms with Gasteiger partial charge in [-0.1, -0.05) is 27.7 Å². The SMILES string of the molecule is CC.CCN1CC(OCCCOCC(=O)N2CC3(CC(C)C3)C2)C1. The van der Waals surface area contributed by atoms with Crippen molar-refractivity contribution < 1.29 is 14.3 Å². The summed E-state index contributed by atoms with van der Waals surface area (Å²) in [5.74, 6) is 1.01. The summed E-state index contributed by atoms with van der Waals surface area (Å²) in [4.78, 5) is 16.3. The first-order chi connectivity index (χ1) is 11.6. The fraction of sp³-hybridized carbons (Fsp3) is 0.947. The van der Waals surface area contributed by atoms with E-state index >= 15 is 0 Å². The summed E-state index contributed by atoms with van der Waals surface area (Å²) in [7, 11) is 0. The Morgan fingerprint density at radius 3 is 2.42 bits per heavy atom. The van der Waals surface area contributed by atoms with E-state index in [1.54, 1.807) is 0 Å². The lowest BCUT2D eigenvalue weighted by Gasteiger charge is -2.58. The Kier molecular flexibility index (Phi) is 7.51. The molecule has 0 aromatic rings. The standard InChI is InChI=1S/C17H30N2O3.C2H6/c1-3-18-9-15(10-18)22-6-4-5-21-11-16(20)19-12-17(13-19)7-14(2)8-17;1-2/h14-15H,3-13H2,1-2H3;1-2H3. The summed E-state index contributed by atoms with van der Waals surface area (Å²) in [6, 6.07) is 0. The third kappa shape index (κ3) is 4.93. The molecule has 3 rings (SSSR count). The topological polar surface area (TPSA) is 42.0 Å². The molecule has 2 aliphatic heterocycles. The zero-order valence-electron chi connectivity index (χ0n) is 16.1. The molecule has 0 radical (unpaired) electrons. The van der Waals surface area contributed by atoms with E-state index in [2.05, 4.69) is 18.7 Å². The number of carbonyl (C=O) groups excluding carboxylic acids is 1. The Bertz CT molecular complexity index is 382. The Hall–Kier alpha value is -0.650. The first kappa shape index (κ1) is 19.7. The number of likely N-dealkylation sites (tertiary alicyclic amines) is 2. The average molecular weight is 341 g/mol. The minimum absolute atomic E-state index is 0.156. The molecule has 0 N–H and O–H groups in total. The van der Waals surface area contributed by atoms with E-state index in [1.165, 1.54) is 12.8 Å². The van der Waals surface area contributed by atoms with E-state index in [4.69, 9.17) is 9.47 Å². The average Bonchev–Trinajstić information content (AvgIpc) is 2.48. The maximum absolute atomic E-state index is 12.0. The minimum atomic E-state index is 0.156. The normalized spacial score (nSPS) is 23.1. The van der Waals surface area contributed by atoms with Gasteiger partial charge >= 0.3 is 0 Å². The van der Waals surface area contributed by atoms with Gasteiger partial charge in [0.1, 0.15) is 6.61 Å².